The summed E-state index contributed by atoms with van der Waals surface area (Å²) < 4.78 is 0. The molecule has 2 aromatic rings. The summed E-state index contributed by atoms with van der Waals surface area (Å²) in [5, 5.41) is 3.25. The minimum atomic E-state index is -0.148. The topological polar surface area (TPSA) is 74.8 Å². The van der Waals surface area contributed by atoms with E-state index in [4.69, 9.17) is 0 Å². The fourth-order valence-electron chi connectivity index (χ4n) is 1.22. The van der Waals surface area contributed by atoms with Crippen LogP contribution in [0.15, 0.2) is 17.2 Å². The lowest BCUT2D eigenvalue weighted by atomic mass is 10.3. The second kappa shape index (κ2) is 3.82. The van der Waals surface area contributed by atoms with Gasteiger partial charge in [-0.3, -0.25) is 9.59 Å². The Hall–Kier alpha value is -1.69. The molecule has 6 heteroatoms. The summed E-state index contributed by atoms with van der Waals surface area (Å²) in [6.07, 6.45) is 1.38. The molecule has 5 nitrogen and oxygen atoms in total. The van der Waals surface area contributed by atoms with E-state index in [-0.39, 0.29) is 11.5 Å². The predicted molar refractivity (Wildman–Crippen MR) is 57.8 cm³/mol. The smallest absolute Gasteiger partial charge is 0.259 e. The molecule has 0 aromatic carbocycles. The molecule has 78 valence electrons. The molecule has 0 spiro atoms. The second-order valence-corrected chi connectivity index (χ2v) is 4.19. The van der Waals surface area contributed by atoms with Gasteiger partial charge in [0.1, 0.15) is 4.83 Å². The van der Waals surface area contributed by atoms with Crippen LogP contribution in [0.2, 0.25) is 0 Å². The van der Waals surface area contributed by atoms with Crippen LogP contribution in [0.5, 0.6) is 0 Å². The number of nitrogens with zero attached hydrogens (tertiary/aromatic N) is 1. The van der Waals surface area contributed by atoms with E-state index >= 15 is 0 Å². The van der Waals surface area contributed by atoms with Crippen LogP contribution in [-0.2, 0) is 11.3 Å². The van der Waals surface area contributed by atoms with Crippen LogP contribution in [0, 0.1) is 0 Å². The lowest BCUT2D eigenvalue weighted by Crippen LogP contribution is -2.18. The predicted octanol–water partition coefficient (Wildman–Crippen LogP) is 0.621. The van der Waals surface area contributed by atoms with Crippen LogP contribution >= 0.6 is 11.3 Å². The minimum absolute atomic E-state index is 0.0886. The Morgan fingerprint density at radius 1 is 1.67 bits per heavy atom. The van der Waals surface area contributed by atoms with Crippen molar-refractivity contribution in [2.75, 3.05) is 0 Å². The quantitative estimate of drug-likeness (QED) is 0.783. The minimum Gasteiger partial charge on any atom is -0.351 e. The first-order valence-corrected chi connectivity index (χ1v) is 5.19. The van der Waals surface area contributed by atoms with Crippen LogP contribution in [0.3, 0.4) is 0 Å². The number of fused-ring (bicyclic) bond motifs is 1. The third kappa shape index (κ3) is 2.04. The summed E-state index contributed by atoms with van der Waals surface area (Å²) in [7, 11) is 0. The molecule has 0 bridgehead atoms. The molecule has 0 saturated carbocycles. The molecular formula is C9H9N3O2S. The number of hydrogen-bond acceptors (Lipinski definition) is 4. The first-order chi connectivity index (χ1) is 7.16. The molecule has 0 fully saturated rings. The number of nitrogens with one attached hydrogen (secondary N) is 2. The maximum absolute atomic E-state index is 11.4. The van der Waals surface area contributed by atoms with Gasteiger partial charge in [-0.25, -0.2) is 4.98 Å². The molecule has 0 radical (unpaired) electrons. The molecule has 2 heterocycles. The van der Waals surface area contributed by atoms with E-state index in [0.717, 1.165) is 4.88 Å². The van der Waals surface area contributed by atoms with Gasteiger partial charge in [0.05, 0.1) is 18.3 Å². The van der Waals surface area contributed by atoms with Gasteiger partial charge in [0.15, 0.2) is 0 Å². The van der Waals surface area contributed by atoms with Crippen molar-refractivity contribution >= 4 is 27.5 Å². The molecule has 0 aliphatic rings. The largest absolute Gasteiger partial charge is 0.351 e. The van der Waals surface area contributed by atoms with Crippen LogP contribution in [0.1, 0.15) is 11.8 Å². The third-order valence-electron chi connectivity index (χ3n) is 1.90. The molecule has 2 rings (SSSR count). The standard InChI is InChI=1S/C9H9N3O2S/c1-5(13)10-3-6-2-7-8(14)11-4-12-9(7)15-6/h2,4H,3H2,1H3,(H,10,13)(H,11,12,14). The molecule has 0 aliphatic heterocycles. The summed E-state index contributed by atoms with van der Waals surface area (Å²) in [6, 6.07) is 1.75. The van der Waals surface area contributed by atoms with Gasteiger partial charge in [-0.2, -0.15) is 0 Å². The molecule has 2 N–H and O–H groups in total. The van der Waals surface area contributed by atoms with Crippen molar-refractivity contribution in [2.45, 2.75) is 13.5 Å². The maximum atomic E-state index is 11.4. The Morgan fingerprint density at radius 2 is 2.47 bits per heavy atom. The molecule has 0 saturated heterocycles. The van der Waals surface area contributed by atoms with E-state index in [1.54, 1.807) is 6.07 Å². The molecular weight excluding hydrogens is 214 g/mol. The van der Waals surface area contributed by atoms with E-state index in [1.807, 2.05) is 0 Å². The summed E-state index contributed by atoms with van der Waals surface area (Å²) in [4.78, 5) is 30.2. The van der Waals surface area contributed by atoms with Crippen LogP contribution < -0.4 is 10.9 Å². The zero-order chi connectivity index (χ0) is 10.8. The third-order valence-corrected chi connectivity index (χ3v) is 2.94. The van der Waals surface area contributed by atoms with E-state index < -0.39 is 0 Å². The summed E-state index contributed by atoms with van der Waals surface area (Å²) in [5.74, 6) is -0.0886. The number of rotatable bonds is 2. The van der Waals surface area contributed by atoms with Crippen molar-refractivity contribution in [3.8, 4) is 0 Å². The number of aromatic nitrogens is 2. The highest BCUT2D eigenvalue weighted by atomic mass is 32.1. The number of thiophene rings is 1. The molecule has 2 aromatic heterocycles. The lowest BCUT2D eigenvalue weighted by molar-refractivity contribution is -0.119. The highest BCUT2D eigenvalue weighted by Gasteiger charge is 2.05. The van der Waals surface area contributed by atoms with Gasteiger partial charge >= 0.3 is 0 Å². The highest BCUT2D eigenvalue weighted by molar-refractivity contribution is 7.18. The van der Waals surface area contributed by atoms with Gasteiger partial charge in [0.25, 0.3) is 5.56 Å². The van der Waals surface area contributed by atoms with Crippen LogP contribution in [-0.4, -0.2) is 15.9 Å². The second-order valence-electron chi connectivity index (χ2n) is 3.07. The summed E-state index contributed by atoms with van der Waals surface area (Å²) >= 11 is 1.41. The van der Waals surface area contributed by atoms with Gasteiger partial charge in [-0.15, -0.1) is 11.3 Å². The van der Waals surface area contributed by atoms with Crippen LogP contribution in [0.4, 0.5) is 0 Å². The van der Waals surface area contributed by atoms with Gasteiger partial charge < -0.3 is 10.3 Å². The Bertz CT molecular complexity index is 558. The fourth-order valence-corrected chi connectivity index (χ4v) is 2.15. The Morgan fingerprint density at radius 3 is 3.13 bits per heavy atom. The number of hydrogen-bond donors (Lipinski definition) is 2. The maximum Gasteiger partial charge on any atom is 0.259 e. The van der Waals surface area contributed by atoms with Gasteiger partial charge in [0.2, 0.25) is 5.91 Å². The zero-order valence-corrected chi connectivity index (χ0v) is 8.85. The monoisotopic (exact) mass is 223 g/mol. The van der Waals surface area contributed by atoms with Gasteiger partial charge in [0, 0.05) is 11.8 Å². The summed E-state index contributed by atoms with van der Waals surface area (Å²) in [6.45, 7) is 1.90. The molecule has 0 aliphatic carbocycles. The number of aromatic amines is 1. The van der Waals surface area contributed by atoms with Crippen molar-refractivity contribution < 1.29 is 4.79 Å². The highest BCUT2D eigenvalue weighted by Crippen LogP contribution is 2.19. The molecule has 0 atom stereocenters. The summed E-state index contributed by atoms with van der Waals surface area (Å²) in [5.41, 5.74) is -0.148. The van der Waals surface area contributed by atoms with Crippen LogP contribution in [0.25, 0.3) is 10.2 Å². The Kier molecular flexibility index (Phi) is 2.51. The normalized spacial score (nSPS) is 10.5. The SMILES string of the molecule is CC(=O)NCc1cc2c(=O)[nH]cnc2s1. The number of amides is 1. The number of carbonyl (C=O) groups is 1. The first kappa shape index (κ1) is 9.85. The Balaban J connectivity index is 2.35. The number of carbonyl (C=O) groups excluding carboxylic acids is 1. The van der Waals surface area contributed by atoms with Crippen molar-refractivity contribution in [2.24, 2.45) is 0 Å². The average molecular weight is 223 g/mol. The lowest BCUT2D eigenvalue weighted by Gasteiger charge is -1.96. The van der Waals surface area contributed by atoms with Gasteiger partial charge in [-0.05, 0) is 6.07 Å². The van der Waals surface area contributed by atoms with Crippen molar-refractivity contribution in [3.05, 3.63) is 27.6 Å². The van der Waals surface area contributed by atoms with E-state index in [0.29, 0.717) is 16.8 Å². The fraction of sp³-hybridized carbons (Fsp3) is 0.222. The van der Waals surface area contributed by atoms with Gasteiger partial charge in [-0.1, -0.05) is 0 Å². The molecule has 1 amide bonds. The number of H-pyrrole nitrogens is 1. The Labute approximate surface area is 89.2 Å². The zero-order valence-electron chi connectivity index (χ0n) is 8.03. The van der Waals surface area contributed by atoms with E-state index in [9.17, 15) is 9.59 Å². The first-order valence-electron chi connectivity index (χ1n) is 4.37. The van der Waals surface area contributed by atoms with Crippen molar-refractivity contribution in [1.29, 1.82) is 0 Å². The van der Waals surface area contributed by atoms with Crippen molar-refractivity contribution in [1.82, 2.24) is 15.3 Å². The molecule has 0 unspecified atom stereocenters. The average Bonchev–Trinajstić information content (AvgIpc) is 2.59. The van der Waals surface area contributed by atoms with E-state index in [1.165, 1.54) is 24.6 Å². The molecule has 15 heavy (non-hydrogen) atoms. The van der Waals surface area contributed by atoms with Crippen molar-refractivity contribution in [3.63, 3.8) is 0 Å². The van der Waals surface area contributed by atoms with E-state index in [2.05, 4.69) is 15.3 Å².